The van der Waals surface area contributed by atoms with Gasteiger partial charge in [0.1, 0.15) is 17.4 Å². The van der Waals surface area contributed by atoms with Crippen LogP contribution in [0.5, 0.6) is 0 Å². The van der Waals surface area contributed by atoms with Gasteiger partial charge in [0.05, 0.1) is 12.8 Å². The fourth-order valence-corrected chi connectivity index (χ4v) is 2.87. The van der Waals surface area contributed by atoms with Crippen LogP contribution in [0.3, 0.4) is 0 Å². The lowest BCUT2D eigenvalue weighted by atomic mass is 9.92. The molecular weight excluding hydrogens is 313 g/mol. The van der Waals surface area contributed by atoms with Gasteiger partial charge in [0.2, 0.25) is 18.0 Å². The monoisotopic (exact) mass is 331 g/mol. The van der Waals surface area contributed by atoms with Gasteiger partial charge < -0.3 is 30.9 Å². The predicted molar refractivity (Wildman–Crippen MR) is 74.2 cm³/mol. The number of ether oxygens (including phenoxy) is 1. The summed E-state index contributed by atoms with van der Waals surface area (Å²) >= 11 is 0. The van der Waals surface area contributed by atoms with E-state index in [0.717, 1.165) is 10.9 Å². The molecule has 3 rings (SSSR count). The fraction of sp³-hybridized carbons (Fsp3) is 0.667. The topological polar surface area (TPSA) is 158 Å². The SMILES string of the molecule is CC[C@]1(CO)O[C@@](O)(c2cnc3n2NC(N)=NC3O)[C@H](F)[C@@H]1O. The lowest BCUT2D eigenvalue weighted by molar-refractivity contribution is -0.260. The van der Waals surface area contributed by atoms with Crippen LogP contribution in [0, 0.1) is 0 Å². The van der Waals surface area contributed by atoms with E-state index in [2.05, 4.69) is 15.4 Å². The number of aromatic nitrogens is 2. The number of aliphatic imine (C=N–C) groups is 1. The highest BCUT2D eigenvalue weighted by molar-refractivity contribution is 5.86. The number of imidazole rings is 1. The summed E-state index contributed by atoms with van der Waals surface area (Å²) in [6.07, 6.45) is -4.27. The van der Waals surface area contributed by atoms with E-state index >= 15 is 0 Å². The smallest absolute Gasteiger partial charge is 0.247 e. The molecule has 5 atom stereocenters. The van der Waals surface area contributed by atoms with E-state index in [9.17, 15) is 24.8 Å². The number of aliphatic hydroxyl groups is 4. The molecule has 1 unspecified atom stereocenters. The van der Waals surface area contributed by atoms with Crippen LogP contribution >= 0.6 is 0 Å². The summed E-state index contributed by atoms with van der Waals surface area (Å²) in [7, 11) is 0. The van der Waals surface area contributed by atoms with Crippen LogP contribution in [0.4, 0.5) is 4.39 Å². The molecule has 3 heterocycles. The number of alkyl halides is 1. The Kier molecular flexibility index (Phi) is 3.57. The molecule has 0 aliphatic carbocycles. The first kappa shape index (κ1) is 16.1. The third kappa shape index (κ3) is 2.05. The summed E-state index contributed by atoms with van der Waals surface area (Å²) in [5, 5.41) is 40.0. The first-order valence-corrected chi connectivity index (χ1v) is 7.01. The maximum Gasteiger partial charge on any atom is 0.247 e. The zero-order valence-corrected chi connectivity index (χ0v) is 12.2. The summed E-state index contributed by atoms with van der Waals surface area (Å²) in [5.74, 6) is -2.80. The fourth-order valence-electron chi connectivity index (χ4n) is 2.87. The van der Waals surface area contributed by atoms with Crippen LogP contribution in [-0.2, 0) is 10.5 Å². The quantitative estimate of drug-likeness (QED) is 0.363. The van der Waals surface area contributed by atoms with E-state index in [1.165, 1.54) is 0 Å². The molecule has 1 fully saturated rings. The van der Waals surface area contributed by atoms with Crippen molar-refractivity contribution in [3.05, 3.63) is 17.7 Å². The van der Waals surface area contributed by atoms with Crippen molar-refractivity contribution in [3.8, 4) is 0 Å². The summed E-state index contributed by atoms with van der Waals surface area (Å²) in [5.41, 5.74) is 6.13. The Labute approximate surface area is 130 Å². The average molecular weight is 331 g/mol. The molecule has 7 N–H and O–H groups in total. The highest BCUT2D eigenvalue weighted by Gasteiger charge is 2.64. The van der Waals surface area contributed by atoms with Crippen molar-refractivity contribution in [3.63, 3.8) is 0 Å². The normalized spacial score (nSPS) is 39.7. The summed E-state index contributed by atoms with van der Waals surface area (Å²) < 4.78 is 21.0. The van der Waals surface area contributed by atoms with E-state index in [0.29, 0.717) is 0 Å². The lowest BCUT2D eigenvalue weighted by Crippen LogP contribution is -2.44. The number of nitrogens with zero attached hydrogens (tertiary/aromatic N) is 3. The molecule has 0 radical (unpaired) electrons. The van der Waals surface area contributed by atoms with Crippen molar-refractivity contribution in [1.29, 1.82) is 0 Å². The summed E-state index contributed by atoms with van der Waals surface area (Å²) in [6.45, 7) is 0.893. The van der Waals surface area contributed by atoms with Crippen LogP contribution in [0.1, 0.15) is 31.1 Å². The number of fused-ring (bicyclic) bond motifs is 1. The van der Waals surface area contributed by atoms with E-state index in [4.69, 9.17) is 10.5 Å². The van der Waals surface area contributed by atoms with Gasteiger partial charge in [-0.3, -0.25) is 5.43 Å². The van der Waals surface area contributed by atoms with E-state index in [1.54, 1.807) is 6.92 Å². The molecule has 2 aliphatic heterocycles. The van der Waals surface area contributed by atoms with Gasteiger partial charge in [-0.2, -0.15) is 0 Å². The number of nitrogens with two attached hydrogens (primary N) is 1. The number of hydrogen-bond acceptors (Lipinski definition) is 9. The lowest BCUT2D eigenvalue weighted by Gasteiger charge is -2.31. The zero-order chi connectivity index (χ0) is 17.0. The van der Waals surface area contributed by atoms with Crippen LogP contribution in [0.15, 0.2) is 11.2 Å². The zero-order valence-electron chi connectivity index (χ0n) is 12.2. The van der Waals surface area contributed by atoms with Crippen LogP contribution in [-0.4, -0.2) is 60.5 Å². The Balaban J connectivity index is 2.07. The molecule has 0 spiro atoms. The third-order valence-corrected chi connectivity index (χ3v) is 4.29. The van der Waals surface area contributed by atoms with Gasteiger partial charge in [-0.15, -0.1) is 0 Å². The van der Waals surface area contributed by atoms with Crippen molar-refractivity contribution < 1.29 is 29.6 Å². The maximum atomic E-state index is 14.6. The number of aliphatic hydroxyl groups excluding tert-OH is 3. The van der Waals surface area contributed by atoms with Gasteiger partial charge in [0, 0.05) is 0 Å². The Bertz CT molecular complexity index is 648. The number of halogens is 1. The van der Waals surface area contributed by atoms with Crippen LogP contribution < -0.4 is 11.2 Å². The molecule has 0 aromatic carbocycles. The molecule has 1 aromatic rings. The number of guanidine groups is 1. The molecule has 0 saturated carbocycles. The predicted octanol–water partition coefficient (Wildman–Crippen LogP) is -2.24. The number of rotatable bonds is 3. The van der Waals surface area contributed by atoms with Gasteiger partial charge in [-0.25, -0.2) is 19.0 Å². The second-order valence-corrected chi connectivity index (χ2v) is 5.56. The standard InChI is InChI=1S/C12H18FN5O5/c1-2-11(4-19)7(20)6(13)12(22,23-11)5-3-15-8-9(21)16-10(14)17-18(5)8/h3,6-7,9,19-22H,2,4H2,1H3,(H3,14,16,17)/t6-,7+,9?,11-,12+/m1/s1. The van der Waals surface area contributed by atoms with Gasteiger partial charge in [0.15, 0.2) is 12.0 Å². The van der Waals surface area contributed by atoms with E-state index in [-0.39, 0.29) is 23.9 Å². The maximum absolute atomic E-state index is 14.6. The first-order valence-electron chi connectivity index (χ1n) is 7.01. The third-order valence-electron chi connectivity index (χ3n) is 4.29. The average Bonchev–Trinajstić information content (AvgIpc) is 3.02. The van der Waals surface area contributed by atoms with Crippen LogP contribution in [0.25, 0.3) is 0 Å². The van der Waals surface area contributed by atoms with Crippen molar-refractivity contribution in [1.82, 2.24) is 9.66 Å². The second-order valence-electron chi connectivity index (χ2n) is 5.56. The van der Waals surface area contributed by atoms with Gasteiger partial charge in [0.25, 0.3) is 0 Å². The van der Waals surface area contributed by atoms with Crippen molar-refractivity contribution in [2.45, 2.75) is 43.2 Å². The van der Waals surface area contributed by atoms with Crippen molar-refractivity contribution >= 4 is 5.96 Å². The second kappa shape index (κ2) is 5.11. The Hall–Kier alpha value is -1.79. The minimum Gasteiger partial charge on any atom is -0.393 e. The summed E-state index contributed by atoms with van der Waals surface area (Å²) in [6, 6.07) is 0. The molecule has 11 heteroatoms. The largest absolute Gasteiger partial charge is 0.393 e. The van der Waals surface area contributed by atoms with Gasteiger partial charge >= 0.3 is 0 Å². The number of nitrogens with one attached hydrogen (secondary N) is 1. The Morgan fingerprint density at radius 3 is 2.78 bits per heavy atom. The van der Waals surface area contributed by atoms with Gasteiger partial charge in [-0.1, -0.05) is 6.92 Å². The molecule has 10 nitrogen and oxygen atoms in total. The number of hydrogen-bond donors (Lipinski definition) is 6. The molecule has 0 bridgehead atoms. The Morgan fingerprint density at radius 2 is 2.22 bits per heavy atom. The molecule has 1 aromatic heterocycles. The van der Waals surface area contributed by atoms with E-state index in [1.807, 2.05) is 0 Å². The molecule has 1 saturated heterocycles. The van der Waals surface area contributed by atoms with Gasteiger partial charge in [-0.05, 0) is 6.42 Å². The highest BCUT2D eigenvalue weighted by atomic mass is 19.1. The molecule has 0 amide bonds. The highest BCUT2D eigenvalue weighted by Crippen LogP contribution is 2.46. The molecular formula is C12H18FN5O5. The minimum absolute atomic E-state index is 0.0362. The first-order chi connectivity index (χ1) is 10.8. The summed E-state index contributed by atoms with van der Waals surface area (Å²) in [4.78, 5) is 7.49. The van der Waals surface area contributed by atoms with Crippen molar-refractivity contribution in [2.75, 3.05) is 12.0 Å². The molecule has 128 valence electrons. The van der Waals surface area contributed by atoms with Crippen LogP contribution in [0.2, 0.25) is 0 Å². The molecule has 2 aliphatic rings. The Morgan fingerprint density at radius 1 is 1.52 bits per heavy atom. The van der Waals surface area contributed by atoms with E-state index < -0.39 is 36.5 Å². The van der Waals surface area contributed by atoms with Crippen molar-refractivity contribution in [2.24, 2.45) is 10.7 Å². The minimum atomic E-state index is -2.59. The molecule has 23 heavy (non-hydrogen) atoms.